The van der Waals surface area contributed by atoms with Gasteiger partial charge in [0.1, 0.15) is 6.54 Å². The Bertz CT molecular complexity index is 927. The van der Waals surface area contributed by atoms with Crippen molar-refractivity contribution in [2.24, 2.45) is 11.7 Å². The first-order valence-electron chi connectivity index (χ1n) is 9.11. The van der Waals surface area contributed by atoms with Gasteiger partial charge in [0, 0.05) is 30.7 Å². The molecule has 1 fully saturated rings. The van der Waals surface area contributed by atoms with Gasteiger partial charge in [-0.1, -0.05) is 0 Å². The van der Waals surface area contributed by atoms with E-state index in [-0.39, 0.29) is 18.0 Å². The monoisotopic (exact) mass is 462 g/mol. The molecule has 0 unspecified atom stereocenters. The lowest BCUT2D eigenvalue weighted by molar-refractivity contribution is -0.192. The van der Waals surface area contributed by atoms with Gasteiger partial charge < -0.3 is 21.1 Å². The topological polar surface area (TPSA) is 143 Å². The maximum Gasteiger partial charge on any atom is 0.490 e. The molecule has 0 aliphatic carbocycles. The van der Waals surface area contributed by atoms with Gasteiger partial charge in [0.2, 0.25) is 5.91 Å². The summed E-state index contributed by atoms with van der Waals surface area (Å²) in [7, 11) is 0. The number of aromatic nitrogens is 3. The van der Waals surface area contributed by atoms with Crippen LogP contribution in [0.2, 0.25) is 0 Å². The van der Waals surface area contributed by atoms with Crippen molar-refractivity contribution in [2.45, 2.75) is 25.6 Å². The van der Waals surface area contributed by atoms with E-state index in [9.17, 15) is 22.8 Å². The first-order chi connectivity index (χ1) is 14.6. The van der Waals surface area contributed by atoms with Crippen molar-refractivity contribution in [2.75, 3.05) is 29.9 Å². The SMILES string of the molecule is NCC1CCN(c2cnn(CC(=O)Nc3nccs3)c(=O)c2)CC1.O=C(O)C(F)(F)F. The normalized spacial score (nSPS) is 14.5. The lowest BCUT2D eigenvalue weighted by Crippen LogP contribution is -2.37. The van der Waals surface area contributed by atoms with Crippen molar-refractivity contribution in [3.8, 4) is 0 Å². The van der Waals surface area contributed by atoms with E-state index in [1.807, 2.05) is 0 Å². The number of hydrogen-bond donors (Lipinski definition) is 3. The third-order valence-electron chi connectivity index (χ3n) is 4.38. The largest absolute Gasteiger partial charge is 0.490 e. The van der Waals surface area contributed by atoms with Gasteiger partial charge in [-0.2, -0.15) is 18.3 Å². The Morgan fingerprint density at radius 3 is 2.45 bits per heavy atom. The van der Waals surface area contributed by atoms with E-state index in [2.05, 4.69) is 20.3 Å². The highest BCUT2D eigenvalue weighted by molar-refractivity contribution is 7.13. The van der Waals surface area contributed by atoms with E-state index in [0.29, 0.717) is 17.6 Å². The van der Waals surface area contributed by atoms with Crippen LogP contribution in [0.3, 0.4) is 0 Å². The number of alkyl halides is 3. The van der Waals surface area contributed by atoms with Gasteiger partial charge in [-0.15, -0.1) is 11.3 Å². The van der Waals surface area contributed by atoms with E-state index >= 15 is 0 Å². The third-order valence-corrected chi connectivity index (χ3v) is 5.07. The van der Waals surface area contributed by atoms with Gasteiger partial charge in [0.25, 0.3) is 5.56 Å². The molecule has 0 atom stereocenters. The van der Waals surface area contributed by atoms with Crippen molar-refractivity contribution >= 4 is 34.0 Å². The van der Waals surface area contributed by atoms with Gasteiger partial charge >= 0.3 is 12.1 Å². The maximum atomic E-state index is 12.2. The van der Waals surface area contributed by atoms with Crippen molar-refractivity contribution in [1.82, 2.24) is 14.8 Å². The molecule has 1 saturated heterocycles. The molecule has 31 heavy (non-hydrogen) atoms. The lowest BCUT2D eigenvalue weighted by atomic mass is 9.97. The molecule has 170 valence electrons. The molecule has 10 nitrogen and oxygen atoms in total. The molecule has 14 heteroatoms. The summed E-state index contributed by atoms with van der Waals surface area (Å²) in [6, 6.07) is 1.53. The van der Waals surface area contributed by atoms with Crippen molar-refractivity contribution in [3.63, 3.8) is 0 Å². The Morgan fingerprint density at radius 1 is 1.32 bits per heavy atom. The summed E-state index contributed by atoms with van der Waals surface area (Å²) >= 11 is 1.32. The Hall–Kier alpha value is -3.00. The molecule has 4 N–H and O–H groups in total. The standard InChI is InChI=1S/C15H20N6O2S.C2HF3O2/c16-8-11-1-4-20(5-2-11)12-7-14(23)21(18-9-12)10-13(22)19-15-17-3-6-24-15;3-2(4,5)1(6)7/h3,6-7,9,11H,1-2,4-5,8,10,16H2,(H,17,19,22);(H,6,7). The lowest BCUT2D eigenvalue weighted by Gasteiger charge is -2.32. The Kier molecular flexibility index (Phi) is 8.50. The highest BCUT2D eigenvalue weighted by Gasteiger charge is 2.38. The van der Waals surface area contributed by atoms with Crippen LogP contribution in [0.15, 0.2) is 28.6 Å². The van der Waals surface area contributed by atoms with E-state index < -0.39 is 12.1 Å². The van der Waals surface area contributed by atoms with Crippen LogP contribution in [0.4, 0.5) is 24.0 Å². The van der Waals surface area contributed by atoms with Gasteiger partial charge in [0.15, 0.2) is 5.13 Å². The maximum absolute atomic E-state index is 12.2. The summed E-state index contributed by atoms with van der Waals surface area (Å²) in [5, 5.41) is 16.2. The molecule has 1 amide bonds. The second-order valence-electron chi connectivity index (χ2n) is 6.56. The van der Waals surface area contributed by atoms with Crippen molar-refractivity contribution < 1.29 is 27.9 Å². The van der Waals surface area contributed by atoms with E-state index in [4.69, 9.17) is 15.6 Å². The van der Waals surface area contributed by atoms with Crippen LogP contribution in [0.25, 0.3) is 0 Å². The highest BCUT2D eigenvalue weighted by atomic mass is 32.1. The Morgan fingerprint density at radius 2 is 1.97 bits per heavy atom. The molecular weight excluding hydrogens is 441 g/mol. The second kappa shape index (κ2) is 10.9. The molecule has 2 aromatic heterocycles. The van der Waals surface area contributed by atoms with Crippen molar-refractivity contribution in [3.05, 3.63) is 34.2 Å². The second-order valence-corrected chi connectivity index (χ2v) is 7.46. The van der Waals surface area contributed by atoms with Gasteiger partial charge in [0.05, 0.1) is 11.9 Å². The number of anilines is 2. The summed E-state index contributed by atoms with van der Waals surface area (Å²) in [4.78, 5) is 39.1. The van der Waals surface area contributed by atoms with Crippen LogP contribution >= 0.6 is 11.3 Å². The average Bonchev–Trinajstić information content (AvgIpc) is 3.22. The number of halogens is 3. The summed E-state index contributed by atoms with van der Waals surface area (Å²) in [5.41, 5.74) is 6.21. The molecule has 0 spiro atoms. The number of aliphatic carboxylic acids is 1. The number of hydrogen-bond acceptors (Lipinski definition) is 8. The summed E-state index contributed by atoms with van der Waals surface area (Å²) < 4.78 is 32.9. The first-order valence-corrected chi connectivity index (χ1v) is 9.99. The Balaban J connectivity index is 0.000000423. The smallest absolute Gasteiger partial charge is 0.475 e. The fraction of sp³-hybridized carbons (Fsp3) is 0.471. The van der Waals surface area contributed by atoms with Gasteiger partial charge in [-0.25, -0.2) is 14.5 Å². The zero-order valence-electron chi connectivity index (χ0n) is 16.2. The number of nitrogens with one attached hydrogen (secondary N) is 1. The summed E-state index contributed by atoms with van der Waals surface area (Å²) in [6.45, 7) is 2.32. The zero-order chi connectivity index (χ0) is 23.0. The van der Waals surface area contributed by atoms with E-state index in [1.54, 1.807) is 17.8 Å². The van der Waals surface area contributed by atoms with Crippen LogP contribution in [0.1, 0.15) is 12.8 Å². The van der Waals surface area contributed by atoms with E-state index in [0.717, 1.165) is 36.3 Å². The molecule has 0 aromatic carbocycles. The minimum Gasteiger partial charge on any atom is -0.475 e. The minimum atomic E-state index is -5.08. The van der Waals surface area contributed by atoms with Crippen LogP contribution in [0.5, 0.6) is 0 Å². The number of nitrogens with zero attached hydrogens (tertiary/aromatic N) is 4. The fourth-order valence-electron chi connectivity index (χ4n) is 2.72. The van der Waals surface area contributed by atoms with Crippen LogP contribution in [-0.2, 0) is 16.1 Å². The first kappa shape index (κ1) is 24.3. The summed E-state index contributed by atoms with van der Waals surface area (Å²) in [6.07, 6.45) is 0.208. The molecule has 3 heterocycles. The molecule has 2 aromatic rings. The van der Waals surface area contributed by atoms with Crippen LogP contribution in [-0.4, -0.2) is 57.6 Å². The number of carboxylic acid groups (broad SMARTS) is 1. The Labute approximate surface area is 178 Å². The highest BCUT2D eigenvalue weighted by Crippen LogP contribution is 2.20. The van der Waals surface area contributed by atoms with Crippen LogP contribution in [0, 0.1) is 5.92 Å². The summed E-state index contributed by atoms with van der Waals surface area (Å²) in [5.74, 6) is -2.52. The number of nitrogens with two attached hydrogens (primary N) is 1. The molecule has 1 aliphatic heterocycles. The minimum absolute atomic E-state index is 0.131. The van der Waals surface area contributed by atoms with Gasteiger partial charge in [-0.3, -0.25) is 9.59 Å². The molecule has 1 aliphatic rings. The predicted octanol–water partition coefficient (Wildman–Crippen LogP) is 1.15. The van der Waals surface area contributed by atoms with Crippen molar-refractivity contribution in [1.29, 1.82) is 0 Å². The molecule has 0 radical (unpaired) electrons. The number of piperidine rings is 1. The molecule has 0 saturated carbocycles. The zero-order valence-corrected chi connectivity index (χ0v) is 17.0. The van der Waals surface area contributed by atoms with Gasteiger partial charge in [-0.05, 0) is 25.3 Å². The predicted molar refractivity (Wildman–Crippen MR) is 107 cm³/mol. The fourth-order valence-corrected chi connectivity index (χ4v) is 3.27. The number of thiazole rings is 1. The number of carbonyl (C=O) groups is 2. The number of rotatable bonds is 5. The molecular formula is C17H21F3N6O4S. The molecule has 3 rings (SSSR count). The molecule has 0 bridgehead atoms. The third kappa shape index (κ3) is 7.64. The van der Waals surface area contributed by atoms with Crippen LogP contribution < -0.4 is 21.5 Å². The number of carbonyl (C=O) groups excluding carboxylic acids is 1. The quantitative estimate of drug-likeness (QED) is 0.600. The number of carboxylic acids is 1. The van der Waals surface area contributed by atoms with E-state index in [1.165, 1.54) is 17.4 Å². The number of amides is 1. The average molecular weight is 462 g/mol.